The summed E-state index contributed by atoms with van der Waals surface area (Å²) in [6.45, 7) is -0.516. The van der Waals surface area contributed by atoms with Crippen LogP contribution in [-0.4, -0.2) is 95.4 Å². The molecule has 37 heavy (non-hydrogen) atoms. The second-order valence-corrected chi connectivity index (χ2v) is 9.15. The molecule has 2 aromatic carbocycles. The zero-order valence-electron chi connectivity index (χ0n) is 20.7. The third-order valence-electron chi connectivity index (χ3n) is 6.84. The van der Waals surface area contributed by atoms with Crippen LogP contribution < -0.4 is 14.2 Å². The summed E-state index contributed by atoms with van der Waals surface area (Å²) in [7, 11) is 3.00. The molecule has 0 aliphatic carbocycles. The van der Waals surface area contributed by atoms with Gasteiger partial charge in [-0.3, -0.25) is 0 Å². The van der Waals surface area contributed by atoms with Crippen molar-refractivity contribution >= 4 is 0 Å². The first kappa shape index (κ1) is 27.4. The van der Waals surface area contributed by atoms with E-state index in [4.69, 9.17) is 23.7 Å². The summed E-state index contributed by atoms with van der Waals surface area (Å²) in [6.07, 6.45) is -6.00. The van der Waals surface area contributed by atoms with Crippen molar-refractivity contribution in [1.82, 2.24) is 0 Å². The lowest BCUT2D eigenvalue weighted by molar-refractivity contribution is -0.301. The number of rotatable bonds is 10. The number of aliphatic hydroxyl groups is 5. The van der Waals surface area contributed by atoms with Gasteiger partial charge in [0.05, 0.1) is 40.0 Å². The van der Waals surface area contributed by atoms with E-state index in [1.54, 1.807) is 12.1 Å². The Bertz CT molecular complexity index is 1060. The number of phenolic OH excluding ortho intramolecular Hbond substituents is 1. The third kappa shape index (κ3) is 5.48. The van der Waals surface area contributed by atoms with Crippen LogP contribution in [0, 0.1) is 0 Å². The smallest absolute Gasteiger partial charge is 0.186 e. The zero-order chi connectivity index (χ0) is 26.7. The minimum Gasteiger partial charge on any atom is -0.504 e. The van der Waals surface area contributed by atoms with Gasteiger partial charge >= 0.3 is 0 Å². The van der Waals surface area contributed by atoms with Gasteiger partial charge in [0.2, 0.25) is 0 Å². The topological polar surface area (TPSA) is 168 Å². The van der Waals surface area contributed by atoms with Crippen LogP contribution in [0.25, 0.3) is 0 Å². The molecule has 11 nitrogen and oxygen atoms in total. The predicted octanol–water partition coefficient (Wildman–Crippen LogP) is 0.368. The summed E-state index contributed by atoms with van der Waals surface area (Å²) in [5.74, 6) is 1.01. The van der Waals surface area contributed by atoms with Crippen molar-refractivity contribution < 1.29 is 54.3 Å². The summed E-state index contributed by atoms with van der Waals surface area (Å²) in [5, 5.41) is 59.4. The fraction of sp³-hybridized carbons (Fsp3) is 0.538. The molecule has 2 aliphatic heterocycles. The summed E-state index contributed by atoms with van der Waals surface area (Å²) in [5.41, 5.74) is 2.45. The number of hydrogen-bond acceptors (Lipinski definition) is 11. The molecule has 0 aromatic heterocycles. The Morgan fingerprint density at radius 3 is 2.32 bits per heavy atom. The Kier molecular flexibility index (Phi) is 8.75. The molecule has 2 aliphatic rings. The molecule has 0 spiro atoms. The van der Waals surface area contributed by atoms with E-state index in [1.807, 2.05) is 12.1 Å². The number of benzene rings is 2. The van der Waals surface area contributed by atoms with Gasteiger partial charge in [0.1, 0.15) is 30.5 Å². The summed E-state index contributed by atoms with van der Waals surface area (Å²) < 4.78 is 27.9. The first-order valence-electron chi connectivity index (χ1n) is 12.1. The van der Waals surface area contributed by atoms with Crippen molar-refractivity contribution in [2.75, 3.05) is 34.0 Å². The van der Waals surface area contributed by atoms with Gasteiger partial charge in [0.25, 0.3) is 0 Å². The molecule has 2 heterocycles. The monoisotopic (exact) mass is 522 g/mol. The fourth-order valence-electron chi connectivity index (χ4n) is 4.80. The highest BCUT2D eigenvalue weighted by atomic mass is 16.7. The lowest BCUT2D eigenvalue weighted by atomic mass is 9.90. The quantitative estimate of drug-likeness (QED) is 0.239. The van der Waals surface area contributed by atoms with E-state index in [1.165, 1.54) is 20.3 Å². The molecule has 1 fully saturated rings. The Morgan fingerprint density at radius 1 is 0.892 bits per heavy atom. The van der Waals surface area contributed by atoms with Crippen LogP contribution in [0.2, 0.25) is 0 Å². The van der Waals surface area contributed by atoms with E-state index in [0.29, 0.717) is 30.1 Å². The van der Waals surface area contributed by atoms with Crippen molar-refractivity contribution in [3.63, 3.8) is 0 Å². The SMILES string of the molecule is COc1cc([C@@H]2Oc3c(OC)cc(CCCO[C@H]4O[C@H](CO)[C@@H](O)[C@H](O)[C@H]4O)cc3[C@H]2CO)ccc1O. The summed E-state index contributed by atoms with van der Waals surface area (Å²) in [4.78, 5) is 0. The van der Waals surface area contributed by atoms with Crippen LogP contribution in [0.5, 0.6) is 23.0 Å². The predicted molar refractivity (Wildman–Crippen MR) is 129 cm³/mol. The molecular weight excluding hydrogens is 488 g/mol. The average Bonchev–Trinajstić information content (AvgIpc) is 3.29. The van der Waals surface area contributed by atoms with Gasteiger partial charge in [0, 0.05) is 5.56 Å². The molecule has 0 saturated carbocycles. The van der Waals surface area contributed by atoms with Gasteiger partial charge in [0.15, 0.2) is 29.3 Å². The zero-order valence-corrected chi connectivity index (χ0v) is 20.7. The van der Waals surface area contributed by atoms with E-state index in [0.717, 1.165) is 16.7 Å². The number of ether oxygens (including phenoxy) is 5. The number of methoxy groups -OCH3 is 2. The van der Waals surface area contributed by atoms with Gasteiger partial charge in [-0.15, -0.1) is 0 Å². The largest absolute Gasteiger partial charge is 0.504 e. The summed E-state index contributed by atoms with van der Waals surface area (Å²) in [6, 6.07) is 8.72. The van der Waals surface area contributed by atoms with Crippen LogP contribution in [0.1, 0.15) is 35.1 Å². The maximum absolute atomic E-state index is 10.2. The van der Waals surface area contributed by atoms with Crippen molar-refractivity contribution in [3.05, 3.63) is 47.0 Å². The minimum absolute atomic E-state index is 0.00751. The van der Waals surface area contributed by atoms with E-state index in [9.17, 15) is 30.6 Å². The van der Waals surface area contributed by atoms with Crippen molar-refractivity contribution in [2.45, 2.75) is 55.6 Å². The molecule has 1 saturated heterocycles. The third-order valence-corrected chi connectivity index (χ3v) is 6.84. The molecule has 0 amide bonds. The number of aromatic hydroxyl groups is 1. The fourth-order valence-corrected chi connectivity index (χ4v) is 4.80. The highest BCUT2D eigenvalue weighted by Gasteiger charge is 2.44. The second kappa shape index (κ2) is 11.8. The number of hydrogen-bond donors (Lipinski definition) is 6. The van der Waals surface area contributed by atoms with Gasteiger partial charge in [-0.1, -0.05) is 12.1 Å². The Hall–Kier alpha value is -2.64. The Labute approximate surface area is 214 Å². The van der Waals surface area contributed by atoms with Crippen LogP contribution in [-0.2, 0) is 15.9 Å². The molecular formula is C26H34O11. The van der Waals surface area contributed by atoms with Crippen LogP contribution in [0.3, 0.4) is 0 Å². The molecule has 4 rings (SSSR count). The first-order chi connectivity index (χ1) is 17.8. The lowest BCUT2D eigenvalue weighted by Gasteiger charge is -2.39. The maximum Gasteiger partial charge on any atom is 0.186 e. The van der Waals surface area contributed by atoms with Gasteiger partial charge in [-0.05, 0) is 42.2 Å². The lowest BCUT2D eigenvalue weighted by Crippen LogP contribution is -2.59. The first-order valence-corrected chi connectivity index (χ1v) is 12.1. The second-order valence-electron chi connectivity index (χ2n) is 9.15. The van der Waals surface area contributed by atoms with E-state index >= 15 is 0 Å². The van der Waals surface area contributed by atoms with Crippen LogP contribution in [0.15, 0.2) is 30.3 Å². The molecule has 204 valence electrons. The highest BCUT2D eigenvalue weighted by molar-refractivity contribution is 5.56. The molecule has 7 atom stereocenters. The van der Waals surface area contributed by atoms with Crippen LogP contribution in [0.4, 0.5) is 0 Å². The van der Waals surface area contributed by atoms with Gasteiger partial charge < -0.3 is 54.3 Å². The highest BCUT2D eigenvalue weighted by Crippen LogP contribution is 2.51. The van der Waals surface area contributed by atoms with E-state index < -0.39 is 43.4 Å². The van der Waals surface area contributed by atoms with Crippen molar-refractivity contribution in [3.8, 4) is 23.0 Å². The molecule has 0 unspecified atom stereocenters. The Morgan fingerprint density at radius 2 is 1.65 bits per heavy atom. The van der Waals surface area contributed by atoms with E-state index in [-0.39, 0.29) is 24.9 Å². The molecule has 2 aromatic rings. The van der Waals surface area contributed by atoms with Gasteiger partial charge in [-0.25, -0.2) is 0 Å². The van der Waals surface area contributed by atoms with Crippen LogP contribution >= 0.6 is 0 Å². The summed E-state index contributed by atoms with van der Waals surface area (Å²) >= 11 is 0. The Balaban J connectivity index is 1.44. The minimum atomic E-state index is -1.49. The molecule has 0 radical (unpaired) electrons. The molecule has 0 bridgehead atoms. The van der Waals surface area contributed by atoms with Crippen molar-refractivity contribution in [1.29, 1.82) is 0 Å². The normalized spacial score (nSPS) is 29.0. The standard InChI is InChI=1S/C26H34O11/c1-33-18-10-14(5-6-17(18)29)24-16(11-27)15-8-13(9-19(34-2)25(15)37-24)4-3-7-35-26-23(32)22(31)21(30)20(12-28)36-26/h5-6,8-10,16,20-24,26-32H,3-4,7,11-12H2,1-2H3/t16-,20-,21-,22+,23-,24+,26+/m1/s1. The number of aryl methyl sites for hydroxylation is 1. The number of fused-ring (bicyclic) bond motifs is 1. The number of aliphatic hydroxyl groups excluding tert-OH is 5. The maximum atomic E-state index is 10.2. The number of phenols is 1. The van der Waals surface area contributed by atoms with Crippen molar-refractivity contribution in [2.24, 2.45) is 0 Å². The molecule has 11 heteroatoms. The molecule has 6 N–H and O–H groups in total. The average molecular weight is 523 g/mol. The van der Waals surface area contributed by atoms with Gasteiger partial charge in [-0.2, -0.15) is 0 Å². The van der Waals surface area contributed by atoms with E-state index in [2.05, 4.69) is 0 Å².